The van der Waals surface area contributed by atoms with Gasteiger partial charge in [-0.3, -0.25) is 4.79 Å². The maximum Gasteiger partial charge on any atom is 0.433 e. The third-order valence-electron chi connectivity index (χ3n) is 6.06. The van der Waals surface area contributed by atoms with Crippen molar-refractivity contribution in [2.24, 2.45) is 11.8 Å². The number of nitrogens with zero attached hydrogens (tertiary/aromatic N) is 4. The first-order chi connectivity index (χ1) is 13.5. The first-order valence-electron chi connectivity index (χ1n) is 10.3. The standard InChI is InChI=1S/C21H27F3N4O/c1-12-9-13(12)19(29)27-8-6-5-7-15(27)14-10-18-25-16(20(2,3)4)11-17(21(22,23)24)28(18)26-14/h10-13,15H,5-9H2,1-4H3/t12-,13+,15-/m1/s1. The number of hydrogen-bond donors (Lipinski definition) is 0. The Morgan fingerprint density at radius 2 is 1.86 bits per heavy atom. The number of carbonyl (C=O) groups is 1. The fourth-order valence-electron chi connectivity index (χ4n) is 4.12. The van der Waals surface area contributed by atoms with E-state index < -0.39 is 17.3 Å². The number of carbonyl (C=O) groups excluding carboxylic acids is 1. The second-order valence-electron chi connectivity index (χ2n) is 9.48. The number of aromatic nitrogens is 3. The summed E-state index contributed by atoms with van der Waals surface area (Å²) in [7, 11) is 0. The van der Waals surface area contributed by atoms with Gasteiger partial charge in [0.25, 0.3) is 0 Å². The van der Waals surface area contributed by atoms with Crippen molar-refractivity contribution >= 4 is 11.6 Å². The highest BCUT2D eigenvalue weighted by atomic mass is 19.4. The molecular formula is C21H27F3N4O. The number of alkyl halides is 3. The molecule has 0 N–H and O–H groups in total. The molecule has 1 saturated carbocycles. The van der Waals surface area contributed by atoms with Gasteiger partial charge in [0.2, 0.25) is 5.91 Å². The number of likely N-dealkylation sites (tertiary alicyclic amines) is 1. The molecule has 0 radical (unpaired) electrons. The lowest BCUT2D eigenvalue weighted by molar-refractivity contribution is -0.143. The number of fused-ring (bicyclic) bond motifs is 1. The van der Waals surface area contributed by atoms with Gasteiger partial charge in [-0.25, -0.2) is 9.50 Å². The van der Waals surface area contributed by atoms with Crippen molar-refractivity contribution in [2.75, 3.05) is 6.54 Å². The van der Waals surface area contributed by atoms with Gasteiger partial charge in [-0.1, -0.05) is 27.7 Å². The van der Waals surface area contributed by atoms with Crippen LogP contribution in [0.2, 0.25) is 0 Å². The van der Waals surface area contributed by atoms with Gasteiger partial charge in [-0.2, -0.15) is 18.3 Å². The van der Waals surface area contributed by atoms with Crippen molar-refractivity contribution in [1.29, 1.82) is 0 Å². The van der Waals surface area contributed by atoms with E-state index >= 15 is 0 Å². The normalized spacial score (nSPS) is 25.5. The van der Waals surface area contributed by atoms with E-state index in [9.17, 15) is 18.0 Å². The molecule has 5 nitrogen and oxygen atoms in total. The van der Waals surface area contributed by atoms with Gasteiger partial charge in [0.1, 0.15) is 5.69 Å². The Labute approximate surface area is 168 Å². The predicted octanol–water partition coefficient (Wildman–Crippen LogP) is 4.76. The largest absolute Gasteiger partial charge is 0.433 e. The second-order valence-corrected chi connectivity index (χ2v) is 9.48. The van der Waals surface area contributed by atoms with Crippen LogP contribution >= 0.6 is 0 Å². The van der Waals surface area contributed by atoms with Crippen molar-refractivity contribution in [1.82, 2.24) is 19.5 Å². The van der Waals surface area contributed by atoms with E-state index in [0.717, 1.165) is 29.8 Å². The number of hydrogen-bond acceptors (Lipinski definition) is 3. The van der Waals surface area contributed by atoms with Gasteiger partial charge >= 0.3 is 6.18 Å². The molecule has 0 unspecified atom stereocenters. The monoisotopic (exact) mass is 408 g/mol. The average molecular weight is 408 g/mol. The minimum absolute atomic E-state index is 0.0454. The summed E-state index contributed by atoms with van der Waals surface area (Å²) < 4.78 is 42.1. The van der Waals surface area contributed by atoms with Crippen LogP contribution in [-0.2, 0) is 16.4 Å². The summed E-state index contributed by atoms with van der Waals surface area (Å²) in [6, 6.07) is 2.42. The molecule has 0 aromatic carbocycles. The third kappa shape index (κ3) is 3.73. The summed E-state index contributed by atoms with van der Waals surface area (Å²) in [4.78, 5) is 19.2. The lowest BCUT2D eigenvalue weighted by Gasteiger charge is -2.35. The molecule has 0 spiro atoms. The molecule has 2 aliphatic rings. The smallest absolute Gasteiger partial charge is 0.334 e. The van der Waals surface area contributed by atoms with Gasteiger partial charge in [-0.05, 0) is 37.7 Å². The van der Waals surface area contributed by atoms with Crippen LogP contribution in [-0.4, -0.2) is 31.9 Å². The molecule has 0 bridgehead atoms. The maximum atomic E-state index is 13.7. The average Bonchev–Trinajstić information content (AvgIpc) is 3.20. The van der Waals surface area contributed by atoms with Gasteiger partial charge in [0.15, 0.2) is 5.65 Å². The molecule has 1 amide bonds. The first-order valence-corrected chi connectivity index (χ1v) is 10.3. The zero-order valence-corrected chi connectivity index (χ0v) is 17.3. The SMILES string of the molecule is C[C@@H]1C[C@@H]1C(=O)N1CCCC[C@@H]1c1cc2nc(C(C)(C)C)cc(C(F)(F)F)n2n1. The molecule has 29 heavy (non-hydrogen) atoms. The van der Waals surface area contributed by atoms with Crippen LogP contribution in [0.5, 0.6) is 0 Å². The molecule has 8 heteroatoms. The Kier molecular flexibility index (Phi) is 4.66. The molecule has 3 heterocycles. The molecule has 2 aromatic rings. The van der Waals surface area contributed by atoms with Crippen molar-refractivity contribution < 1.29 is 18.0 Å². The quantitative estimate of drug-likeness (QED) is 0.720. The summed E-state index contributed by atoms with van der Waals surface area (Å²) in [5, 5.41) is 4.30. The van der Waals surface area contributed by atoms with E-state index in [0.29, 0.717) is 30.3 Å². The zero-order valence-electron chi connectivity index (χ0n) is 17.3. The highest BCUT2D eigenvalue weighted by Gasteiger charge is 2.44. The lowest BCUT2D eigenvalue weighted by Crippen LogP contribution is -2.39. The summed E-state index contributed by atoms with van der Waals surface area (Å²) in [6.45, 7) is 8.19. The number of amides is 1. The Morgan fingerprint density at radius 3 is 2.45 bits per heavy atom. The van der Waals surface area contributed by atoms with Crippen molar-refractivity contribution in [3.63, 3.8) is 0 Å². The molecule has 158 valence electrons. The molecule has 4 rings (SSSR count). The van der Waals surface area contributed by atoms with Crippen molar-refractivity contribution in [3.8, 4) is 0 Å². The van der Waals surface area contributed by atoms with Crippen LogP contribution in [0.25, 0.3) is 5.65 Å². The Hall–Kier alpha value is -2.12. The summed E-state index contributed by atoms with van der Waals surface area (Å²) in [6.07, 6.45) is -1.10. The topological polar surface area (TPSA) is 50.5 Å². The van der Waals surface area contributed by atoms with Crippen molar-refractivity contribution in [3.05, 3.63) is 29.2 Å². The highest BCUT2D eigenvalue weighted by molar-refractivity contribution is 5.82. The van der Waals surface area contributed by atoms with E-state index in [2.05, 4.69) is 17.0 Å². The lowest BCUT2D eigenvalue weighted by atomic mass is 9.91. The Bertz CT molecular complexity index is 944. The third-order valence-corrected chi connectivity index (χ3v) is 6.06. The van der Waals surface area contributed by atoms with E-state index in [4.69, 9.17) is 0 Å². The fourth-order valence-corrected chi connectivity index (χ4v) is 4.12. The molecule has 3 atom stereocenters. The van der Waals surface area contributed by atoms with Gasteiger partial charge in [0, 0.05) is 23.9 Å². The van der Waals surface area contributed by atoms with Crippen molar-refractivity contribution in [2.45, 2.75) is 71.0 Å². The molecular weight excluding hydrogens is 381 g/mol. The van der Waals surface area contributed by atoms with Crippen LogP contribution < -0.4 is 0 Å². The minimum atomic E-state index is -4.55. The molecule has 1 aliphatic heterocycles. The Morgan fingerprint density at radius 1 is 1.17 bits per heavy atom. The summed E-state index contributed by atoms with van der Waals surface area (Å²) in [5.41, 5.74) is -0.315. The molecule has 2 aromatic heterocycles. The predicted molar refractivity (Wildman–Crippen MR) is 102 cm³/mol. The fraction of sp³-hybridized carbons (Fsp3) is 0.667. The van der Waals surface area contributed by atoms with E-state index in [1.54, 1.807) is 6.07 Å². The van der Waals surface area contributed by atoms with Gasteiger partial charge in [0.05, 0.1) is 17.4 Å². The molecule has 2 fully saturated rings. The number of rotatable bonds is 2. The van der Waals surface area contributed by atoms with Gasteiger partial charge < -0.3 is 4.90 Å². The first kappa shape index (κ1) is 20.2. The molecule has 1 aliphatic carbocycles. The number of halogens is 3. The summed E-state index contributed by atoms with van der Waals surface area (Å²) >= 11 is 0. The van der Waals surface area contributed by atoms with Crippen LogP contribution in [0.15, 0.2) is 12.1 Å². The maximum absolute atomic E-state index is 13.7. The van der Waals surface area contributed by atoms with Gasteiger partial charge in [-0.15, -0.1) is 0 Å². The second kappa shape index (κ2) is 6.71. The van der Waals surface area contributed by atoms with E-state index in [1.807, 2.05) is 25.7 Å². The zero-order chi connectivity index (χ0) is 21.1. The van der Waals surface area contributed by atoms with Crippen LogP contribution in [0.3, 0.4) is 0 Å². The number of piperidine rings is 1. The van der Waals surface area contributed by atoms with E-state index in [-0.39, 0.29) is 23.5 Å². The highest BCUT2D eigenvalue weighted by Crippen LogP contribution is 2.42. The Balaban J connectivity index is 1.78. The summed E-state index contributed by atoms with van der Waals surface area (Å²) in [5.74, 6) is 0.543. The van der Waals surface area contributed by atoms with Crippen LogP contribution in [0.1, 0.15) is 76.5 Å². The van der Waals surface area contributed by atoms with Crippen LogP contribution in [0, 0.1) is 11.8 Å². The molecule has 1 saturated heterocycles. The van der Waals surface area contributed by atoms with E-state index in [1.165, 1.54) is 0 Å². The van der Waals surface area contributed by atoms with Crippen LogP contribution in [0.4, 0.5) is 13.2 Å². The minimum Gasteiger partial charge on any atom is -0.334 e.